The molecule has 9 heteroatoms. The van der Waals surface area contributed by atoms with Crippen LogP contribution in [-0.4, -0.2) is 24.3 Å². The van der Waals surface area contributed by atoms with Crippen LogP contribution in [0, 0.1) is 6.92 Å². The summed E-state index contributed by atoms with van der Waals surface area (Å²) >= 11 is 1.90. The highest BCUT2D eigenvalue weighted by atomic mass is 32.2. The van der Waals surface area contributed by atoms with Crippen LogP contribution in [-0.2, 0) is 21.6 Å². The average Bonchev–Trinajstić information content (AvgIpc) is 2.56. The van der Waals surface area contributed by atoms with Crippen LogP contribution < -0.4 is 0 Å². The molecule has 0 heterocycles. The number of alkyl halides is 3. The van der Waals surface area contributed by atoms with E-state index in [-0.39, 0.29) is 5.78 Å². The summed E-state index contributed by atoms with van der Waals surface area (Å²) in [5, 5.41) is 0. The average molecular weight is 420 g/mol. The van der Waals surface area contributed by atoms with Gasteiger partial charge in [0.15, 0.2) is 5.78 Å². The molecule has 2 aromatic rings. The second kappa shape index (κ2) is 9.91. The lowest BCUT2D eigenvalue weighted by atomic mass is 10.1. The fourth-order valence-electron chi connectivity index (χ4n) is 1.89. The minimum absolute atomic E-state index is 0.124. The number of halogens is 3. The monoisotopic (exact) mass is 420 g/mol. The van der Waals surface area contributed by atoms with E-state index in [1.165, 1.54) is 16.7 Å². The van der Waals surface area contributed by atoms with Gasteiger partial charge in [0.05, 0.1) is 0 Å². The first kappa shape index (κ1) is 23.2. The third kappa shape index (κ3) is 8.15. The van der Waals surface area contributed by atoms with Crippen LogP contribution in [0.5, 0.6) is 0 Å². The Kier molecular flexibility index (Phi) is 8.52. The van der Waals surface area contributed by atoms with Crippen LogP contribution in [0.3, 0.4) is 0 Å². The fraction of sp³-hybridized carbons (Fsp3) is 0.278. The molecule has 0 saturated carbocycles. The van der Waals surface area contributed by atoms with Crippen molar-refractivity contribution in [2.24, 2.45) is 0 Å². The second-order valence-corrected chi connectivity index (χ2v) is 7.99. The molecule has 4 nitrogen and oxygen atoms in total. The predicted molar refractivity (Wildman–Crippen MR) is 100 cm³/mol. The molecule has 0 aliphatic carbocycles. The summed E-state index contributed by atoms with van der Waals surface area (Å²) < 4.78 is 57.5. The van der Waals surface area contributed by atoms with Crippen LogP contribution in [0.1, 0.15) is 34.0 Å². The second-order valence-electron chi connectivity index (χ2n) is 5.59. The van der Waals surface area contributed by atoms with Crippen molar-refractivity contribution in [3.8, 4) is 0 Å². The van der Waals surface area contributed by atoms with Gasteiger partial charge in [-0.25, -0.2) is 0 Å². The molecule has 2 aromatic carbocycles. The van der Waals surface area contributed by atoms with Crippen molar-refractivity contribution in [1.29, 1.82) is 0 Å². The standard InChI is InChI=1S/C17H18OS.CHF3O3S/c1-13-5-3-4-6-17(13)12-19-11-15-7-9-16(10-8-15)14(2)18;2-1(3,4)8(5,6)7/h3-10H,11-12H2,1-2H3;(H,5,6,7). The molecule has 148 valence electrons. The van der Waals surface area contributed by atoms with E-state index >= 15 is 0 Å². The lowest BCUT2D eigenvalue weighted by Crippen LogP contribution is -2.21. The molecule has 0 amide bonds. The van der Waals surface area contributed by atoms with E-state index in [1.807, 2.05) is 36.0 Å². The largest absolute Gasteiger partial charge is 0.522 e. The highest BCUT2D eigenvalue weighted by molar-refractivity contribution is 7.97. The van der Waals surface area contributed by atoms with E-state index in [9.17, 15) is 18.0 Å². The van der Waals surface area contributed by atoms with Gasteiger partial charge in [0, 0.05) is 17.1 Å². The lowest BCUT2D eigenvalue weighted by molar-refractivity contribution is -0.0510. The van der Waals surface area contributed by atoms with E-state index in [2.05, 4.69) is 31.2 Å². The maximum Gasteiger partial charge on any atom is 0.522 e. The molecule has 0 bridgehead atoms. The summed E-state index contributed by atoms with van der Waals surface area (Å²) in [5.74, 6) is 2.13. The van der Waals surface area contributed by atoms with Crippen molar-refractivity contribution in [2.45, 2.75) is 30.9 Å². The van der Waals surface area contributed by atoms with Crippen molar-refractivity contribution in [2.75, 3.05) is 0 Å². The first-order chi connectivity index (χ1) is 12.4. The number of hydrogen-bond donors (Lipinski definition) is 1. The zero-order valence-corrected chi connectivity index (χ0v) is 16.3. The molecule has 2 rings (SSSR count). The minimum atomic E-state index is -5.84. The molecule has 0 fully saturated rings. The van der Waals surface area contributed by atoms with E-state index in [4.69, 9.17) is 13.0 Å². The fourth-order valence-corrected chi connectivity index (χ4v) is 2.96. The number of carbonyl (C=O) groups is 1. The number of carbonyl (C=O) groups excluding carboxylic acids is 1. The van der Waals surface area contributed by atoms with Crippen molar-refractivity contribution in [3.05, 3.63) is 70.8 Å². The normalized spacial score (nSPS) is 11.5. The first-order valence-electron chi connectivity index (χ1n) is 7.67. The van der Waals surface area contributed by atoms with Gasteiger partial charge in [-0.1, -0.05) is 48.5 Å². The molecule has 0 aromatic heterocycles. The Hall–Kier alpha value is -1.84. The number of hydrogen-bond acceptors (Lipinski definition) is 4. The predicted octanol–water partition coefficient (Wildman–Crippen LogP) is 5.03. The number of benzene rings is 2. The van der Waals surface area contributed by atoms with E-state index in [1.54, 1.807) is 6.92 Å². The van der Waals surface area contributed by atoms with Crippen LogP contribution >= 0.6 is 11.8 Å². The van der Waals surface area contributed by atoms with Crippen LogP contribution in [0.15, 0.2) is 48.5 Å². The summed E-state index contributed by atoms with van der Waals surface area (Å²) in [6.45, 7) is 3.75. The molecule has 0 atom stereocenters. The van der Waals surface area contributed by atoms with Crippen LogP contribution in [0.25, 0.3) is 0 Å². The van der Waals surface area contributed by atoms with Gasteiger partial charge in [-0.3, -0.25) is 9.35 Å². The molecule has 0 aliphatic rings. The number of thioether (sulfide) groups is 1. The Labute approximate surface area is 160 Å². The molecular formula is C18H19F3O4S2. The van der Waals surface area contributed by atoms with Gasteiger partial charge < -0.3 is 0 Å². The highest BCUT2D eigenvalue weighted by Crippen LogP contribution is 2.21. The molecule has 0 spiro atoms. The Bertz CT molecular complexity index is 861. The quantitative estimate of drug-likeness (QED) is 0.418. The molecular weight excluding hydrogens is 401 g/mol. The number of Topliss-reactive ketones (excluding diaryl/α,β-unsaturated/α-hetero) is 1. The molecule has 0 aliphatic heterocycles. The molecule has 0 saturated heterocycles. The zero-order valence-electron chi connectivity index (χ0n) is 14.7. The molecule has 1 N–H and O–H groups in total. The van der Waals surface area contributed by atoms with Gasteiger partial charge in [0.2, 0.25) is 0 Å². The van der Waals surface area contributed by atoms with Crippen molar-refractivity contribution < 1.29 is 30.9 Å². The maximum absolute atomic E-state index is 11.2. The highest BCUT2D eigenvalue weighted by Gasteiger charge is 2.44. The Morgan fingerprint density at radius 2 is 1.56 bits per heavy atom. The SMILES string of the molecule is CC(=O)c1ccc(CSCc2ccccc2C)cc1.O=S(=O)(O)C(F)(F)F. The Morgan fingerprint density at radius 3 is 2.00 bits per heavy atom. The molecule has 0 radical (unpaired) electrons. The lowest BCUT2D eigenvalue weighted by Gasteiger charge is -2.06. The van der Waals surface area contributed by atoms with Crippen molar-refractivity contribution in [1.82, 2.24) is 0 Å². The van der Waals surface area contributed by atoms with Gasteiger partial charge in [-0.05, 0) is 30.5 Å². The van der Waals surface area contributed by atoms with Gasteiger partial charge in [0.1, 0.15) is 0 Å². The summed E-state index contributed by atoms with van der Waals surface area (Å²) in [4.78, 5) is 11.2. The first-order valence-corrected chi connectivity index (χ1v) is 10.3. The van der Waals surface area contributed by atoms with Crippen LogP contribution in [0.4, 0.5) is 13.2 Å². The van der Waals surface area contributed by atoms with Gasteiger partial charge in [0.25, 0.3) is 0 Å². The van der Waals surface area contributed by atoms with E-state index < -0.39 is 15.6 Å². The zero-order chi connectivity index (χ0) is 20.7. The number of ketones is 1. The van der Waals surface area contributed by atoms with Crippen LogP contribution in [0.2, 0.25) is 0 Å². The van der Waals surface area contributed by atoms with Crippen molar-refractivity contribution >= 4 is 27.7 Å². The summed E-state index contributed by atoms with van der Waals surface area (Å²) in [7, 11) is -5.84. The smallest absolute Gasteiger partial charge is 0.295 e. The topological polar surface area (TPSA) is 71.4 Å². The Balaban J connectivity index is 0.000000387. The summed E-state index contributed by atoms with van der Waals surface area (Å²) in [6.07, 6.45) is 0. The van der Waals surface area contributed by atoms with E-state index in [0.717, 1.165) is 17.1 Å². The van der Waals surface area contributed by atoms with Crippen molar-refractivity contribution in [3.63, 3.8) is 0 Å². The number of rotatable bonds is 5. The Morgan fingerprint density at radius 1 is 1.04 bits per heavy atom. The maximum atomic E-state index is 11.2. The summed E-state index contributed by atoms with van der Waals surface area (Å²) in [6, 6.07) is 16.4. The van der Waals surface area contributed by atoms with Gasteiger partial charge >= 0.3 is 15.6 Å². The third-order valence-electron chi connectivity index (χ3n) is 3.44. The number of aryl methyl sites for hydroxylation is 1. The van der Waals surface area contributed by atoms with Gasteiger partial charge in [-0.15, -0.1) is 0 Å². The summed E-state index contributed by atoms with van der Waals surface area (Å²) in [5.41, 5.74) is -0.737. The van der Waals surface area contributed by atoms with Gasteiger partial charge in [-0.2, -0.15) is 33.4 Å². The minimum Gasteiger partial charge on any atom is -0.295 e. The molecule has 27 heavy (non-hydrogen) atoms. The third-order valence-corrected chi connectivity index (χ3v) is 5.08. The van der Waals surface area contributed by atoms with E-state index in [0.29, 0.717) is 0 Å². The molecule has 0 unspecified atom stereocenters.